The number of aryl methyl sites for hydroxylation is 2. The molecule has 6 rings (SSSR count). The number of alkyl halides is 3. The number of H-pyrrole nitrogens is 1. The number of carboxylic acid groups (broad SMARTS) is 1. The second-order valence-corrected chi connectivity index (χ2v) is 15.2. The highest BCUT2D eigenvalue weighted by Gasteiger charge is 2.38. The van der Waals surface area contributed by atoms with Gasteiger partial charge >= 0.3 is 12.1 Å². The molecule has 1 aromatic heterocycles. The van der Waals surface area contributed by atoms with E-state index in [4.69, 9.17) is 9.90 Å². The van der Waals surface area contributed by atoms with Gasteiger partial charge in [0.15, 0.2) is 9.84 Å². The Bertz CT molecular complexity index is 2250. The quantitative estimate of drug-likeness (QED) is 0.192. The molecule has 0 saturated heterocycles. The molecule has 0 fully saturated rings. The van der Waals surface area contributed by atoms with Gasteiger partial charge in [0.25, 0.3) is 5.56 Å². The van der Waals surface area contributed by atoms with Crippen LogP contribution in [0.15, 0.2) is 64.5 Å². The summed E-state index contributed by atoms with van der Waals surface area (Å²) in [4.78, 5) is 69.9. The van der Waals surface area contributed by atoms with Crippen LogP contribution in [0.3, 0.4) is 0 Å². The highest BCUT2D eigenvalue weighted by Crippen LogP contribution is 2.29. The molecule has 288 valence electrons. The number of carboxylic acids is 1. The monoisotopic (exact) mass is 772 g/mol. The summed E-state index contributed by atoms with van der Waals surface area (Å²) in [5.74, 6) is -3.85. The molecular weight excluding hydrogens is 733 g/mol. The van der Waals surface area contributed by atoms with E-state index in [0.717, 1.165) is 16.7 Å². The number of aliphatic carboxylic acids is 1. The van der Waals surface area contributed by atoms with Crippen LogP contribution < -0.4 is 21.5 Å². The normalized spacial score (nSPS) is 15.3. The highest BCUT2D eigenvalue weighted by atomic mass is 32.2. The minimum Gasteiger partial charge on any atom is -0.475 e. The standard InChI is InChI=1S/C34H38N6O6S.C2HF3O2/c1-6-31(42)40-16-27-20(4)11-22(12-21(27)5)32(39-25-7-9-28-26(14-25)33(43)37-18-36-28)34(44)35-15-23-13-24(38-30(41)17-40)8-10-29(23)47(45,46)19(2)3;3-2(4,5)1(6)7/h7-14,18-19,32,39H,6,15-17H2,1-5H3,(H,35,44)(H,38,41)(H,36,37,43);(H,6,7). The Hall–Kier alpha value is -5.78. The minimum atomic E-state index is -5.08. The fourth-order valence-electron chi connectivity index (χ4n) is 5.70. The van der Waals surface area contributed by atoms with Crippen LogP contribution in [0.5, 0.6) is 0 Å². The second-order valence-electron chi connectivity index (χ2n) is 12.8. The Morgan fingerprint density at radius 3 is 2.26 bits per heavy atom. The molecule has 2 aliphatic rings. The van der Waals surface area contributed by atoms with Crippen molar-refractivity contribution in [1.82, 2.24) is 20.2 Å². The zero-order chi connectivity index (χ0) is 40.1. The van der Waals surface area contributed by atoms with E-state index in [1.54, 1.807) is 39.0 Å². The number of sulfone groups is 1. The molecule has 3 aromatic carbocycles. The maximum atomic E-state index is 14.1. The van der Waals surface area contributed by atoms with Crippen molar-refractivity contribution in [3.8, 4) is 0 Å². The smallest absolute Gasteiger partial charge is 0.475 e. The van der Waals surface area contributed by atoms with E-state index >= 15 is 0 Å². The van der Waals surface area contributed by atoms with Gasteiger partial charge in [-0.25, -0.2) is 18.2 Å². The van der Waals surface area contributed by atoms with Gasteiger partial charge in [-0.3, -0.25) is 19.2 Å². The first-order valence-electron chi connectivity index (χ1n) is 16.6. The molecule has 4 aromatic rings. The number of anilines is 2. The van der Waals surface area contributed by atoms with E-state index in [0.29, 0.717) is 33.4 Å². The molecule has 0 saturated carbocycles. The summed E-state index contributed by atoms with van der Waals surface area (Å²) in [6, 6.07) is 12.2. The van der Waals surface area contributed by atoms with E-state index in [2.05, 4.69) is 25.9 Å². The minimum absolute atomic E-state index is 0.0384. The number of nitrogens with one attached hydrogen (secondary N) is 4. The van der Waals surface area contributed by atoms with E-state index < -0.39 is 45.1 Å². The van der Waals surface area contributed by atoms with E-state index in [1.165, 1.54) is 29.4 Å². The SMILES string of the molecule is CCC(=O)N1CC(=O)Nc2ccc(S(=O)(=O)C(C)C)c(c2)CNC(=O)C(Nc2ccc3nc[nH]c(=O)c3c2)c2cc(C)c(c(C)c2)C1.O=C(O)C(F)(F)F. The Kier molecular flexibility index (Phi) is 12.5. The Morgan fingerprint density at radius 1 is 1.02 bits per heavy atom. The van der Waals surface area contributed by atoms with E-state index in [1.807, 2.05) is 26.0 Å². The van der Waals surface area contributed by atoms with Crippen LogP contribution in [0.4, 0.5) is 24.5 Å². The number of aromatic amines is 1. The van der Waals surface area contributed by atoms with Crippen LogP contribution in [-0.2, 0) is 42.1 Å². The maximum Gasteiger partial charge on any atom is 0.490 e. The molecule has 1 atom stereocenters. The maximum absolute atomic E-state index is 14.1. The predicted molar refractivity (Wildman–Crippen MR) is 193 cm³/mol. The van der Waals surface area contributed by atoms with Crippen molar-refractivity contribution < 1.29 is 45.9 Å². The summed E-state index contributed by atoms with van der Waals surface area (Å²) in [7, 11) is -3.75. The first kappa shape index (κ1) is 41.0. The molecule has 3 amide bonds. The number of hydrogen-bond acceptors (Lipinski definition) is 9. The third-order valence-electron chi connectivity index (χ3n) is 8.57. The molecular formula is C36H39F3N6O8S. The van der Waals surface area contributed by atoms with Crippen molar-refractivity contribution in [2.24, 2.45) is 0 Å². The number of amides is 3. The number of carbonyl (C=O) groups excluding carboxylic acids is 3. The average Bonchev–Trinajstić information content (AvgIpc) is 3.09. The summed E-state index contributed by atoms with van der Waals surface area (Å²) in [5, 5.41) is 15.7. The van der Waals surface area contributed by atoms with Gasteiger partial charge in [-0.2, -0.15) is 13.2 Å². The van der Waals surface area contributed by atoms with Gasteiger partial charge < -0.3 is 30.9 Å². The third-order valence-corrected chi connectivity index (χ3v) is 10.8. The molecule has 4 bridgehead atoms. The number of aromatic nitrogens is 2. The fourth-order valence-corrected chi connectivity index (χ4v) is 6.96. The van der Waals surface area contributed by atoms with Gasteiger partial charge in [0.05, 0.1) is 27.4 Å². The van der Waals surface area contributed by atoms with Crippen LogP contribution >= 0.6 is 0 Å². The summed E-state index contributed by atoms with van der Waals surface area (Å²) in [6.45, 7) is 8.47. The first-order chi connectivity index (χ1) is 25.2. The number of carbonyl (C=O) groups is 4. The van der Waals surface area contributed by atoms with Crippen molar-refractivity contribution in [2.45, 2.75) is 76.5 Å². The van der Waals surface area contributed by atoms with Crippen LogP contribution in [0.2, 0.25) is 0 Å². The van der Waals surface area contributed by atoms with E-state index in [9.17, 15) is 40.8 Å². The molecule has 1 unspecified atom stereocenters. The molecule has 0 radical (unpaired) electrons. The van der Waals surface area contributed by atoms with Crippen LogP contribution in [-0.4, -0.2) is 70.1 Å². The summed E-state index contributed by atoms with van der Waals surface area (Å²) < 4.78 is 58.4. The van der Waals surface area contributed by atoms with Crippen molar-refractivity contribution in [1.29, 1.82) is 0 Å². The number of halogens is 3. The zero-order valence-electron chi connectivity index (χ0n) is 29.9. The number of hydrogen-bond donors (Lipinski definition) is 5. The molecule has 18 heteroatoms. The van der Waals surface area contributed by atoms with Crippen LogP contribution in [0.1, 0.15) is 61.1 Å². The number of nitrogens with zero attached hydrogens (tertiary/aromatic N) is 2. The van der Waals surface area contributed by atoms with Gasteiger partial charge in [0, 0.05) is 30.9 Å². The second kappa shape index (κ2) is 16.5. The summed E-state index contributed by atoms with van der Waals surface area (Å²) in [5.41, 5.74) is 4.39. The summed E-state index contributed by atoms with van der Waals surface area (Å²) >= 11 is 0. The number of fused-ring (bicyclic) bond motifs is 10. The van der Waals surface area contributed by atoms with Crippen molar-refractivity contribution in [2.75, 3.05) is 17.2 Å². The first-order valence-corrected chi connectivity index (χ1v) is 18.1. The Labute approximate surface area is 308 Å². The highest BCUT2D eigenvalue weighted by molar-refractivity contribution is 7.92. The lowest BCUT2D eigenvalue weighted by Gasteiger charge is -2.26. The molecule has 14 nitrogen and oxygen atoms in total. The third kappa shape index (κ3) is 9.60. The lowest BCUT2D eigenvalue weighted by molar-refractivity contribution is -0.192. The Balaban J connectivity index is 0.000000845. The molecule has 54 heavy (non-hydrogen) atoms. The van der Waals surface area contributed by atoms with E-state index in [-0.39, 0.29) is 42.4 Å². The van der Waals surface area contributed by atoms with Gasteiger partial charge in [-0.1, -0.05) is 19.1 Å². The van der Waals surface area contributed by atoms with Crippen LogP contribution in [0.25, 0.3) is 10.9 Å². The van der Waals surface area contributed by atoms with Gasteiger partial charge in [0.2, 0.25) is 17.7 Å². The lowest BCUT2D eigenvalue weighted by Crippen LogP contribution is -2.38. The van der Waals surface area contributed by atoms with Crippen molar-refractivity contribution in [3.05, 3.63) is 93.0 Å². The number of rotatable bonds is 5. The molecule has 0 aliphatic carbocycles. The van der Waals surface area contributed by atoms with Gasteiger partial charge in [-0.15, -0.1) is 0 Å². The largest absolute Gasteiger partial charge is 0.490 e. The van der Waals surface area contributed by atoms with Crippen LogP contribution in [0, 0.1) is 13.8 Å². The van der Waals surface area contributed by atoms with Gasteiger partial charge in [-0.05, 0) is 91.9 Å². The molecule has 0 spiro atoms. The zero-order valence-corrected chi connectivity index (χ0v) is 30.7. The molecule has 3 heterocycles. The molecule has 5 N–H and O–H groups in total. The fraction of sp³-hybridized carbons (Fsp3) is 0.333. The number of benzene rings is 3. The Morgan fingerprint density at radius 2 is 1.67 bits per heavy atom. The average molecular weight is 773 g/mol. The topological polar surface area (TPSA) is 208 Å². The van der Waals surface area contributed by atoms with Gasteiger partial charge in [0.1, 0.15) is 12.6 Å². The predicted octanol–water partition coefficient (Wildman–Crippen LogP) is 4.52. The van der Waals surface area contributed by atoms with Crippen molar-refractivity contribution >= 4 is 55.8 Å². The molecule has 2 aliphatic heterocycles. The van der Waals surface area contributed by atoms with Crippen molar-refractivity contribution in [3.63, 3.8) is 0 Å². The lowest BCUT2D eigenvalue weighted by atomic mass is 9.94. The summed E-state index contributed by atoms with van der Waals surface area (Å²) in [6.07, 6.45) is -3.56.